The number of phenolic OH excluding ortho intramolecular Hbond substituents is 1. The molecule has 2 aliphatic rings. The Kier molecular flexibility index (Phi) is 22.0. The second kappa shape index (κ2) is 26.6. The number of hydrogen-bond donors (Lipinski definition) is 5. The molecule has 1 fully saturated rings. The number of unbranched alkanes of at least 4 members (excludes halogenated alkanes) is 13. The van der Waals surface area contributed by atoms with E-state index in [0.717, 1.165) is 19.3 Å². The van der Waals surface area contributed by atoms with Gasteiger partial charge in [0.1, 0.15) is 30.5 Å². The van der Waals surface area contributed by atoms with E-state index in [2.05, 4.69) is 22.5 Å². The molecule has 4 atom stereocenters. The van der Waals surface area contributed by atoms with E-state index in [1.807, 2.05) is 0 Å². The second-order valence-corrected chi connectivity index (χ2v) is 15.4. The van der Waals surface area contributed by atoms with Crippen molar-refractivity contribution in [1.82, 2.24) is 20.8 Å². The Labute approximate surface area is 337 Å². The molecule has 2 aliphatic heterocycles. The molecule has 1 aromatic rings. The lowest BCUT2D eigenvalue weighted by Gasteiger charge is -2.23. The van der Waals surface area contributed by atoms with Crippen LogP contribution in [0.15, 0.2) is 29.3 Å². The average molecular weight is 802 g/mol. The van der Waals surface area contributed by atoms with E-state index in [4.69, 9.17) is 9.47 Å². The van der Waals surface area contributed by atoms with E-state index in [-0.39, 0.29) is 56.5 Å². The third-order valence-electron chi connectivity index (χ3n) is 10.4. The van der Waals surface area contributed by atoms with Crippen molar-refractivity contribution >= 4 is 35.5 Å². The minimum absolute atomic E-state index is 0.0550. The highest BCUT2D eigenvalue weighted by Gasteiger charge is 2.33. The van der Waals surface area contributed by atoms with Crippen LogP contribution in [0.4, 0.5) is 0 Å². The summed E-state index contributed by atoms with van der Waals surface area (Å²) in [5, 5.41) is 37.0. The predicted molar refractivity (Wildman–Crippen MR) is 213 cm³/mol. The number of carbonyl (C=O) groups is 5. The summed E-state index contributed by atoms with van der Waals surface area (Å²) in [5.41, 5.74) is 0.324. The summed E-state index contributed by atoms with van der Waals surface area (Å²) in [5.74, 6) is -2.86. The van der Waals surface area contributed by atoms with Crippen LogP contribution in [0.25, 0.3) is 0 Å². The highest BCUT2D eigenvalue weighted by Crippen LogP contribution is 2.22. The van der Waals surface area contributed by atoms with Gasteiger partial charge < -0.3 is 25.2 Å². The summed E-state index contributed by atoms with van der Waals surface area (Å²) in [6.45, 7) is 3.88. The van der Waals surface area contributed by atoms with E-state index in [0.29, 0.717) is 54.2 Å². The normalized spacial score (nSPS) is 17.9. The molecule has 1 aromatic carbocycles. The van der Waals surface area contributed by atoms with Crippen molar-refractivity contribution in [3.63, 3.8) is 0 Å². The van der Waals surface area contributed by atoms with E-state index >= 15 is 0 Å². The molecule has 320 valence electrons. The maximum Gasteiger partial charge on any atom is 0.328 e. The van der Waals surface area contributed by atoms with Gasteiger partial charge in [0.25, 0.3) is 5.91 Å². The molecule has 0 aliphatic carbocycles. The molecular weight excluding hydrogens is 734 g/mol. The smallest absolute Gasteiger partial charge is 0.328 e. The van der Waals surface area contributed by atoms with Crippen LogP contribution in [0.2, 0.25) is 0 Å². The molecule has 5 N–H and O–H groups in total. The highest BCUT2D eigenvalue weighted by atomic mass is 16.5. The molecule has 0 spiro atoms. The molecule has 2 heterocycles. The molecule has 4 amide bonds. The summed E-state index contributed by atoms with van der Waals surface area (Å²) in [6.07, 6.45) is 17.1. The number of hydrogen-bond acceptors (Lipinski definition) is 11. The van der Waals surface area contributed by atoms with Gasteiger partial charge in [0.05, 0.1) is 12.0 Å². The number of rotatable bonds is 27. The van der Waals surface area contributed by atoms with Crippen LogP contribution < -0.4 is 10.6 Å². The SMILES string of the molecule is CCCCCCCCCCCCCCCC(=O)N(O)CCCC[C@H](NC(=O)[C@H]1COC(c2ccccc2O)=N1)C(=O)O[C@@H](C)CC(=O)N[C@H]1CCCCN(O)C1=O. The van der Waals surface area contributed by atoms with Crippen LogP contribution in [0.5, 0.6) is 5.75 Å². The lowest BCUT2D eigenvalue weighted by atomic mass is 10.0. The number of aliphatic imine (C=N–C) groups is 1. The fourth-order valence-corrected chi connectivity index (χ4v) is 6.98. The monoisotopic (exact) mass is 801 g/mol. The predicted octanol–water partition coefficient (Wildman–Crippen LogP) is 6.10. The van der Waals surface area contributed by atoms with E-state index in [1.54, 1.807) is 18.2 Å². The standard InChI is InChI=1S/C42H67N5O10/c1-3-4-5-6-7-8-9-10-11-12-13-14-15-26-38(50)46(54)27-20-19-24-34(44-39(51)35-30-56-40(45-35)32-22-16-17-25-36(32)48)42(53)57-31(2)29-37(49)43-33-23-18-21-28-47(55)41(33)52/h16-17,22,25,31,33-35,48,54-55H,3-15,18-21,23-24,26-30H2,1-2H3,(H,43,49)(H,44,51)/t31-,33-,34-,35+/m0/s1. The summed E-state index contributed by atoms with van der Waals surface area (Å²) >= 11 is 0. The number of para-hydroxylation sites is 1. The quantitative estimate of drug-likeness (QED) is 0.0299. The Morgan fingerprint density at radius 2 is 1.60 bits per heavy atom. The van der Waals surface area contributed by atoms with Gasteiger partial charge in [-0.25, -0.2) is 19.9 Å². The van der Waals surface area contributed by atoms with Crippen molar-refractivity contribution < 1.29 is 49.0 Å². The molecule has 0 saturated carbocycles. The zero-order valence-corrected chi connectivity index (χ0v) is 34.1. The summed E-state index contributed by atoms with van der Waals surface area (Å²) < 4.78 is 11.1. The van der Waals surface area contributed by atoms with Crippen molar-refractivity contribution in [2.24, 2.45) is 4.99 Å². The van der Waals surface area contributed by atoms with Crippen LogP contribution in [0.3, 0.4) is 0 Å². The number of benzene rings is 1. The van der Waals surface area contributed by atoms with Gasteiger partial charge in [-0.2, -0.15) is 0 Å². The Morgan fingerprint density at radius 1 is 0.947 bits per heavy atom. The van der Waals surface area contributed by atoms with Crippen LogP contribution in [0.1, 0.15) is 154 Å². The molecule has 3 rings (SSSR count). The number of nitrogens with zero attached hydrogens (tertiary/aromatic N) is 3. The minimum Gasteiger partial charge on any atom is -0.507 e. The molecule has 0 unspecified atom stereocenters. The Hall–Kier alpha value is -4.24. The van der Waals surface area contributed by atoms with E-state index < -0.39 is 47.9 Å². The van der Waals surface area contributed by atoms with Gasteiger partial charge in [-0.15, -0.1) is 0 Å². The number of amides is 4. The molecule has 0 bridgehead atoms. The van der Waals surface area contributed by atoms with Crippen molar-refractivity contribution in [2.75, 3.05) is 19.7 Å². The largest absolute Gasteiger partial charge is 0.507 e. The third kappa shape index (κ3) is 17.8. The van der Waals surface area contributed by atoms with Gasteiger partial charge in [0, 0.05) is 19.5 Å². The number of aromatic hydroxyl groups is 1. The fourth-order valence-electron chi connectivity index (χ4n) is 6.98. The molecule has 1 saturated heterocycles. The van der Waals surface area contributed by atoms with Gasteiger partial charge in [0.2, 0.25) is 23.6 Å². The average Bonchev–Trinajstić information content (AvgIpc) is 3.63. The third-order valence-corrected chi connectivity index (χ3v) is 10.4. The first kappa shape index (κ1) is 47.1. The van der Waals surface area contributed by atoms with Crippen molar-refractivity contribution in [3.05, 3.63) is 29.8 Å². The Morgan fingerprint density at radius 3 is 2.26 bits per heavy atom. The summed E-state index contributed by atoms with van der Waals surface area (Å²) in [7, 11) is 0. The molecule has 15 nitrogen and oxygen atoms in total. The molecule has 57 heavy (non-hydrogen) atoms. The van der Waals surface area contributed by atoms with Crippen molar-refractivity contribution in [1.29, 1.82) is 0 Å². The van der Waals surface area contributed by atoms with Crippen molar-refractivity contribution in [2.45, 2.75) is 173 Å². The first-order valence-corrected chi connectivity index (χ1v) is 21.3. The second-order valence-electron chi connectivity index (χ2n) is 15.4. The van der Waals surface area contributed by atoms with Crippen LogP contribution in [-0.4, -0.2) is 105 Å². The minimum atomic E-state index is -1.15. The molecule has 0 aromatic heterocycles. The zero-order chi connectivity index (χ0) is 41.4. The van der Waals surface area contributed by atoms with Crippen molar-refractivity contribution in [3.8, 4) is 5.75 Å². The first-order chi connectivity index (χ1) is 27.5. The number of nitrogens with one attached hydrogen (secondary N) is 2. The van der Waals surface area contributed by atoms with Gasteiger partial charge in [-0.1, -0.05) is 96.1 Å². The van der Waals surface area contributed by atoms with Crippen LogP contribution in [0, 0.1) is 0 Å². The van der Waals surface area contributed by atoms with E-state index in [9.17, 15) is 39.5 Å². The highest BCUT2D eigenvalue weighted by molar-refractivity contribution is 6.00. The Bertz CT molecular complexity index is 1440. The number of ether oxygens (including phenoxy) is 2. The fraction of sp³-hybridized carbons (Fsp3) is 0.714. The first-order valence-electron chi connectivity index (χ1n) is 21.3. The lowest BCUT2D eigenvalue weighted by molar-refractivity contribution is -0.167. The van der Waals surface area contributed by atoms with Gasteiger partial charge in [-0.3, -0.25) is 29.6 Å². The maximum atomic E-state index is 13.4. The maximum absolute atomic E-state index is 13.4. The zero-order valence-electron chi connectivity index (χ0n) is 34.1. The van der Waals surface area contributed by atoms with E-state index in [1.165, 1.54) is 70.8 Å². The number of esters is 1. The van der Waals surface area contributed by atoms with Gasteiger partial charge >= 0.3 is 5.97 Å². The van der Waals surface area contributed by atoms with Crippen LogP contribution in [-0.2, 0) is 33.4 Å². The molecular formula is C42H67N5O10. The van der Waals surface area contributed by atoms with Crippen LogP contribution >= 0.6 is 0 Å². The molecule has 0 radical (unpaired) electrons. The summed E-state index contributed by atoms with van der Waals surface area (Å²) in [6, 6.07) is 3.38. The Balaban J connectivity index is 1.44. The van der Waals surface area contributed by atoms with Gasteiger partial charge in [0.15, 0.2) is 6.04 Å². The van der Waals surface area contributed by atoms with Gasteiger partial charge in [-0.05, 0) is 64.0 Å². The summed E-state index contributed by atoms with van der Waals surface area (Å²) in [4.78, 5) is 68.7. The number of phenols is 1. The topological polar surface area (TPSA) is 207 Å². The molecule has 15 heteroatoms. The number of hydroxylamine groups is 4. The number of carbonyl (C=O) groups excluding carboxylic acids is 5. The lowest BCUT2D eigenvalue weighted by Crippen LogP contribution is -2.48.